The number of hydrogen-bond acceptors (Lipinski definition) is 2. The van der Waals surface area contributed by atoms with E-state index in [9.17, 15) is 0 Å². The molecule has 0 bridgehead atoms. The molecule has 0 fully saturated rings. The van der Waals surface area contributed by atoms with E-state index in [0.717, 1.165) is 5.69 Å². The number of rotatable bonds is 2. The molecular weight excluding hydrogens is 264 g/mol. The fourth-order valence-corrected chi connectivity index (χ4v) is 3.14. The van der Waals surface area contributed by atoms with E-state index in [1.54, 1.807) is 17.5 Å². The van der Waals surface area contributed by atoms with Gasteiger partial charge in [-0.1, -0.05) is 6.07 Å². The molecule has 4 rings (SSSR count). The molecule has 0 amide bonds. The van der Waals surface area contributed by atoms with Gasteiger partial charge >= 0.3 is 0 Å². The predicted octanol–water partition coefficient (Wildman–Crippen LogP) is 4.75. The van der Waals surface area contributed by atoms with Gasteiger partial charge in [-0.3, -0.25) is 4.98 Å². The molecule has 3 aromatic heterocycles. The van der Waals surface area contributed by atoms with Gasteiger partial charge in [0.05, 0.1) is 17.4 Å². The van der Waals surface area contributed by atoms with Gasteiger partial charge in [0, 0.05) is 17.8 Å². The number of nitrogens with zero attached hydrogens (tertiary/aromatic N) is 2. The summed E-state index contributed by atoms with van der Waals surface area (Å²) in [5.41, 5.74) is 4.84. The number of aromatic nitrogens is 2. The first-order valence-electron chi connectivity index (χ1n) is 6.46. The second kappa shape index (κ2) is 4.62. The topological polar surface area (TPSA) is 17.8 Å². The average molecular weight is 276 g/mol. The highest BCUT2D eigenvalue weighted by Gasteiger charge is 2.05. The van der Waals surface area contributed by atoms with Crippen LogP contribution in [0.1, 0.15) is 0 Å². The number of thiophene rings is 1. The Morgan fingerprint density at radius 3 is 2.80 bits per heavy atom. The molecule has 0 aliphatic heterocycles. The van der Waals surface area contributed by atoms with Crippen molar-refractivity contribution in [1.82, 2.24) is 9.55 Å². The second-order valence-electron chi connectivity index (χ2n) is 4.68. The lowest BCUT2D eigenvalue weighted by Crippen LogP contribution is -1.91. The van der Waals surface area contributed by atoms with Crippen molar-refractivity contribution in [2.45, 2.75) is 0 Å². The molecule has 20 heavy (non-hydrogen) atoms. The Balaban J connectivity index is 1.87. The maximum atomic E-state index is 4.19. The Hall–Kier alpha value is -2.39. The van der Waals surface area contributed by atoms with Crippen LogP contribution in [0.3, 0.4) is 0 Å². The van der Waals surface area contributed by atoms with E-state index < -0.39 is 0 Å². The fraction of sp³-hybridized carbons (Fsp3) is 0. The first-order valence-corrected chi connectivity index (χ1v) is 7.40. The third-order valence-electron chi connectivity index (χ3n) is 3.47. The second-order valence-corrected chi connectivity index (χ2v) is 5.46. The van der Waals surface area contributed by atoms with Gasteiger partial charge in [-0.2, -0.15) is 11.3 Å². The normalized spacial score (nSPS) is 11.0. The van der Waals surface area contributed by atoms with Crippen LogP contribution in [0.15, 0.2) is 71.8 Å². The summed E-state index contributed by atoms with van der Waals surface area (Å²) in [5, 5.41) is 5.54. The summed E-state index contributed by atoms with van der Waals surface area (Å²) in [7, 11) is 0. The van der Waals surface area contributed by atoms with Crippen LogP contribution in [-0.2, 0) is 0 Å². The van der Waals surface area contributed by atoms with Gasteiger partial charge < -0.3 is 4.57 Å². The van der Waals surface area contributed by atoms with Crippen molar-refractivity contribution >= 4 is 22.2 Å². The van der Waals surface area contributed by atoms with Gasteiger partial charge in [0.15, 0.2) is 0 Å². The Bertz CT molecular complexity index is 845. The molecule has 0 saturated carbocycles. The molecule has 2 nitrogen and oxygen atoms in total. The van der Waals surface area contributed by atoms with Crippen molar-refractivity contribution in [2.24, 2.45) is 0 Å². The summed E-state index contributed by atoms with van der Waals surface area (Å²) < 4.78 is 2.17. The van der Waals surface area contributed by atoms with Crippen LogP contribution in [0.2, 0.25) is 0 Å². The maximum absolute atomic E-state index is 4.19. The van der Waals surface area contributed by atoms with Crippen LogP contribution in [0, 0.1) is 0 Å². The van der Waals surface area contributed by atoms with E-state index in [1.165, 1.54) is 22.0 Å². The van der Waals surface area contributed by atoms with Crippen LogP contribution in [0.5, 0.6) is 0 Å². The molecule has 0 radical (unpaired) electrons. The molecule has 0 N–H and O–H groups in total. The van der Waals surface area contributed by atoms with Crippen LogP contribution in [-0.4, -0.2) is 9.55 Å². The number of pyridine rings is 1. The van der Waals surface area contributed by atoms with Crippen molar-refractivity contribution in [3.05, 3.63) is 71.8 Å². The quantitative estimate of drug-likeness (QED) is 0.516. The van der Waals surface area contributed by atoms with Gasteiger partial charge in [-0.05, 0) is 58.3 Å². The van der Waals surface area contributed by atoms with E-state index in [4.69, 9.17) is 0 Å². The summed E-state index contributed by atoms with van der Waals surface area (Å²) in [6.07, 6.45) is 5.77. The molecule has 0 saturated heterocycles. The van der Waals surface area contributed by atoms with Gasteiger partial charge in [0.25, 0.3) is 0 Å². The largest absolute Gasteiger partial charge is 0.315 e. The first-order chi connectivity index (χ1) is 9.92. The highest BCUT2D eigenvalue weighted by molar-refractivity contribution is 7.08. The Labute approximate surface area is 121 Å². The smallest absolute Gasteiger partial charge is 0.0639 e. The van der Waals surface area contributed by atoms with Gasteiger partial charge in [-0.15, -0.1) is 0 Å². The molecule has 3 heteroatoms. The van der Waals surface area contributed by atoms with Crippen molar-refractivity contribution in [2.75, 3.05) is 0 Å². The fourth-order valence-electron chi connectivity index (χ4n) is 2.47. The minimum absolute atomic E-state index is 1.09. The minimum Gasteiger partial charge on any atom is -0.315 e. The Morgan fingerprint density at radius 2 is 2.00 bits per heavy atom. The van der Waals surface area contributed by atoms with Crippen molar-refractivity contribution in [3.8, 4) is 16.8 Å². The molecule has 4 aromatic rings. The molecule has 0 aliphatic carbocycles. The molecule has 0 spiro atoms. The molecule has 3 heterocycles. The lowest BCUT2D eigenvalue weighted by Gasteiger charge is -2.05. The average Bonchev–Trinajstić information content (AvgIpc) is 3.17. The zero-order valence-corrected chi connectivity index (χ0v) is 11.5. The molecule has 96 valence electrons. The number of fused-ring (bicyclic) bond motifs is 1. The van der Waals surface area contributed by atoms with Gasteiger partial charge in [0.2, 0.25) is 0 Å². The lowest BCUT2D eigenvalue weighted by atomic mass is 10.1. The zero-order chi connectivity index (χ0) is 13.4. The van der Waals surface area contributed by atoms with E-state index in [-0.39, 0.29) is 0 Å². The lowest BCUT2D eigenvalue weighted by molar-refractivity contribution is 1.10. The van der Waals surface area contributed by atoms with Crippen molar-refractivity contribution < 1.29 is 0 Å². The van der Waals surface area contributed by atoms with E-state index in [1.807, 2.05) is 12.3 Å². The first kappa shape index (κ1) is 11.4. The molecule has 0 unspecified atom stereocenters. The Kier molecular flexibility index (Phi) is 2.64. The molecule has 0 aliphatic rings. The van der Waals surface area contributed by atoms with Crippen LogP contribution in [0.4, 0.5) is 0 Å². The van der Waals surface area contributed by atoms with Crippen molar-refractivity contribution in [3.63, 3.8) is 0 Å². The van der Waals surface area contributed by atoms with Crippen LogP contribution >= 0.6 is 11.3 Å². The highest BCUT2D eigenvalue weighted by atomic mass is 32.1. The third-order valence-corrected chi connectivity index (χ3v) is 4.15. The highest BCUT2D eigenvalue weighted by Crippen LogP contribution is 2.27. The summed E-state index contributed by atoms with van der Waals surface area (Å²) in [6, 6.07) is 14.9. The molecule has 1 aromatic carbocycles. The number of benzene rings is 1. The van der Waals surface area contributed by atoms with Gasteiger partial charge in [-0.25, -0.2) is 0 Å². The summed E-state index contributed by atoms with van der Waals surface area (Å²) in [5.74, 6) is 0. The predicted molar refractivity (Wildman–Crippen MR) is 84.4 cm³/mol. The summed E-state index contributed by atoms with van der Waals surface area (Å²) in [4.78, 5) is 4.19. The van der Waals surface area contributed by atoms with E-state index in [2.05, 4.69) is 62.9 Å². The standard InChI is InChI=1S/C17H12N2S/c1-2-16(11-18-7-1)19-8-5-14-10-13(3-4-17(14)19)15-6-9-20-12-15/h1-12H. The molecular formula is C17H12N2S. The maximum Gasteiger partial charge on any atom is 0.0639 e. The van der Waals surface area contributed by atoms with E-state index >= 15 is 0 Å². The van der Waals surface area contributed by atoms with Crippen LogP contribution in [0.25, 0.3) is 27.7 Å². The third kappa shape index (κ3) is 1.84. The van der Waals surface area contributed by atoms with Gasteiger partial charge in [0.1, 0.15) is 0 Å². The monoisotopic (exact) mass is 276 g/mol. The minimum atomic E-state index is 1.09. The SMILES string of the molecule is c1cncc(-n2ccc3cc(-c4ccsc4)ccc32)c1. The zero-order valence-electron chi connectivity index (χ0n) is 10.7. The van der Waals surface area contributed by atoms with E-state index in [0.29, 0.717) is 0 Å². The van der Waals surface area contributed by atoms with Crippen molar-refractivity contribution in [1.29, 1.82) is 0 Å². The van der Waals surface area contributed by atoms with Crippen LogP contribution < -0.4 is 0 Å². The summed E-state index contributed by atoms with van der Waals surface area (Å²) >= 11 is 1.73. The Morgan fingerprint density at radius 1 is 1.00 bits per heavy atom. The summed E-state index contributed by atoms with van der Waals surface area (Å²) in [6.45, 7) is 0. The number of hydrogen-bond donors (Lipinski definition) is 0. The molecule has 0 atom stereocenters.